The Morgan fingerprint density at radius 3 is 2.60 bits per heavy atom. The van der Waals surface area contributed by atoms with Crippen LogP contribution in [0.5, 0.6) is 0 Å². The van der Waals surface area contributed by atoms with Gasteiger partial charge in [0.1, 0.15) is 0 Å². The maximum Gasteiger partial charge on any atom is 0.337 e. The van der Waals surface area contributed by atoms with Gasteiger partial charge in [-0.15, -0.1) is 0 Å². The van der Waals surface area contributed by atoms with Crippen LogP contribution < -0.4 is 10.6 Å². The number of nitrogens with two attached hydrogens (primary N) is 1. The first kappa shape index (κ1) is 14.4. The van der Waals surface area contributed by atoms with Crippen molar-refractivity contribution in [1.82, 2.24) is 0 Å². The summed E-state index contributed by atoms with van der Waals surface area (Å²) in [6, 6.07) is 12.7. The summed E-state index contributed by atoms with van der Waals surface area (Å²) in [6.45, 7) is 0.565. The highest BCUT2D eigenvalue weighted by molar-refractivity contribution is 9.10. The number of carbonyl (C=O) groups is 1. The third kappa shape index (κ3) is 2.93. The van der Waals surface area contributed by atoms with Crippen LogP contribution in [0.2, 0.25) is 0 Å². The van der Waals surface area contributed by atoms with E-state index >= 15 is 0 Å². The highest BCUT2D eigenvalue weighted by Gasteiger charge is 2.16. The van der Waals surface area contributed by atoms with E-state index in [0.29, 0.717) is 17.9 Å². The number of halogens is 1. The van der Waals surface area contributed by atoms with Crippen molar-refractivity contribution in [3.8, 4) is 0 Å². The summed E-state index contributed by atoms with van der Waals surface area (Å²) in [6.07, 6.45) is 0. The molecule has 0 aromatic heterocycles. The fourth-order valence-corrected chi connectivity index (χ4v) is 2.53. The summed E-state index contributed by atoms with van der Waals surface area (Å²) in [5, 5.41) is 9.27. The van der Waals surface area contributed by atoms with Gasteiger partial charge in [-0.05, 0) is 23.8 Å². The van der Waals surface area contributed by atoms with Gasteiger partial charge >= 0.3 is 5.97 Å². The normalized spacial score (nSPS) is 10.3. The van der Waals surface area contributed by atoms with Gasteiger partial charge in [0.2, 0.25) is 0 Å². The Labute approximate surface area is 126 Å². The van der Waals surface area contributed by atoms with Gasteiger partial charge in [0.25, 0.3) is 0 Å². The van der Waals surface area contributed by atoms with Crippen LogP contribution in [0.4, 0.5) is 11.4 Å². The lowest BCUT2D eigenvalue weighted by Crippen LogP contribution is -2.21. The molecule has 0 unspecified atom stereocenters. The van der Waals surface area contributed by atoms with Crippen LogP contribution >= 0.6 is 15.9 Å². The van der Waals surface area contributed by atoms with Gasteiger partial charge in [-0.3, -0.25) is 0 Å². The number of nitrogen functional groups attached to an aromatic ring is 1. The van der Waals surface area contributed by atoms with Crippen LogP contribution in [0.1, 0.15) is 15.9 Å². The lowest BCUT2D eigenvalue weighted by atomic mass is 10.1. The number of carboxylic acid groups (broad SMARTS) is 1. The molecule has 0 fully saturated rings. The van der Waals surface area contributed by atoms with E-state index in [0.717, 1.165) is 10.0 Å². The second kappa shape index (κ2) is 5.96. The van der Waals surface area contributed by atoms with Crippen LogP contribution in [0, 0.1) is 0 Å². The van der Waals surface area contributed by atoms with Crippen LogP contribution in [0.15, 0.2) is 46.9 Å². The molecule has 0 amide bonds. The Hall–Kier alpha value is -2.01. The van der Waals surface area contributed by atoms with Gasteiger partial charge in [-0.1, -0.05) is 40.2 Å². The predicted octanol–water partition coefficient (Wildman–Crippen LogP) is 3.37. The minimum absolute atomic E-state index is 0.208. The smallest absolute Gasteiger partial charge is 0.337 e. The molecule has 0 atom stereocenters. The molecule has 0 saturated heterocycles. The summed E-state index contributed by atoms with van der Waals surface area (Å²) in [7, 11) is 1.83. The quantitative estimate of drug-likeness (QED) is 0.841. The monoisotopic (exact) mass is 334 g/mol. The molecule has 104 valence electrons. The van der Waals surface area contributed by atoms with Crippen molar-refractivity contribution in [2.75, 3.05) is 17.7 Å². The second-order valence-corrected chi connectivity index (χ2v) is 5.35. The molecule has 20 heavy (non-hydrogen) atoms. The van der Waals surface area contributed by atoms with Gasteiger partial charge in [0.05, 0.1) is 16.9 Å². The maximum atomic E-state index is 11.3. The first-order valence-corrected chi connectivity index (χ1v) is 6.86. The number of rotatable bonds is 4. The van der Waals surface area contributed by atoms with E-state index in [1.807, 2.05) is 36.2 Å². The maximum absolute atomic E-state index is 11.3. The summed E-state index contributed by atoms with van der Waals surface area (Å²) < 4.78 is 0.984. The fourth-order valence-electron chi connectivity index (χ4n) is 2.12. The third-order valence-electron chi connectivity index (χ3n) is 3.04. The van der Waals surface area contributed by atoms with Crippen LogP contribution in [0.3, 0.4) is 0 Å². The van der Waals surface area contributed by atoms with E-state index < -0.39 is 5.97 Å². The van der Waals surface area contributed by atoms with Gasteiger partial charge in [0, 0.05) is 18.1 Å². The molecule has 0 spiro atoms. The van der Waals surface area contributed by atoms with E-state index in [1.54, 1.807) is 18.2 Å². The first-order chi connectivity index (χ1) is 9.50. The van der Waals surface area contributed by atoms with Crippen LogP contribution in [-0.4, -0.2) is 18.1 Å². The summed E-state index contributed by atoms with van der Waals surface area (Å²) in [4.78, 5) is 13.2. The molecule has 2 rings (SSSR count). The van der Waals surface area contributed by atoms with Gasteiger partial charge in [-0.25, -0.2) is 4.79 Å². The van der Waals surface area contributed by atoms with E-state index in [-0.39, 0.29) is 5.56 Å². The second-order valence-electron chi connectivity index (χ2n) is 4.50. The van der Waals surface area contributed by atoms with E-state index in [1.165, 1.54) is 0 Å². The standard InChI is InChI=1S/C15H15BrN2O2/c1-18(9-10-5-2-3-7-12(10)16)14-11(15(19)20)6-4-8-13(14)17/h2-8H,9,17H2,1H3,(H,19,20). The number of nitrogens with zero attached hydrogens (tertiary/aromatic N) is 1. The Kier molecular flexibility index (Phi) is 4.29. The molecule has 3 N–H and O–H groups in total. The van der Waals surface area contributed by atoms with Crippen molar-refractivity contribution in [2.24, 2.45) is 0 Å². The fraction of sp³-hybridized carbons (Fsp3) is 0.133. The van der Waals surface area contributed by atoms with Gasteiger partial charge in [0.15, 0.2) is 0 Å². The van der Waals surface area contributed by atoms with Crippen molar-refractivity contribution in [3.63, 3.8) is 0 Å². The molecule has 5 heteroatoms. The van der Waals surface area contributed by atoms with Crippen molar-refractivity contribution >= 4 is 33.3 Å². The molecule has 2 aromatic rings. The predicted molar refractivity (Wildman–Crippen MR) is 84.1 cm³/mol. The van der Waals surface area contributed by atoms with Crippen LogP contribution in [-0.2, 0) is 6.54 Å². The van der Waals surface area contributed by atoms with E-state index in [9.17, 15) is 9.90 Å². The summed E-state index contributed by atoms with van der Waals surface area (Å²) >= 11 is 3.49. The Balaban J connectivity index is 2.37. The van der Waals surface area contributed by atoms with E-state index in [2.05, 4.69) is 15.9 Å². The Morgan fingerprint density at radius 2 is 1.95 bits per heavy atom. The van der Waals surface area contributed by atoms with Crippen molar-refractivity contribution in [3.05, 3.63) is 58.1 Å². The molecule has 0 aliphatic rings. The zero-order valence-corrected chi connectivity index (χ0v) is 12.6. The SMILES string of the molecule is CN(Cc1ccccc1Br)c1c(N)cccc1C(=O)O. The molecular weight excluding hydrogens is 320 g/mol. The van der Waals surface area contributed by atoms with Gasteiger partial charge < -0.3 is 15.7 Å². The molecule has 0 aliphatic heterocycles. The first-order valence-electron chi connectivity index (χ1n) is 6.07. The zero-order valence-electron chi connectivity index (χ0n) is 11.0. The topological polar surface area (TPSA) is 66.6 Å². The zero-order chi connectivity index (χ0) is 14.7. The summed E-state index contributed by atoms with van der Waals surface area (Å²) in [5.41, 5.74) is 8.20. The molecule has 0 heterocycles. The number of benzene rings is 2. The number of hydrogen-bond donors (Lipinski definition) is 2. The molecule has 2 aromatic carbocycles. The molecule has 0 aliphatic carbocycles. The average molecular weight is 335 g/mol. The summed E-state index contributed by atoms with van der Waals surface area (Å²) in [5.74, 6) is -0.980. The molecule has 4 nitrogen and oxygen atoms in total. The Morgan fingerprint density at radius 1 is 1.25 bits per heavy atom. The minimum Gasteiger partial charge on any atom is -0.478 e. The lowest BCUT2D eigenvalue weighted by Gasteiger charge is -2.23. The highest BCUT2D eigenvalue weighted by atomic mass is 79.9. The number of para-hydroxylation sites is 1. The van der Waals surface area contributed by atoms with Crippen LogP contribution in [0.25, 0.3) is 0 Å². The minimum atomic E-state index is -0.980. The average Bonchev–Trinajstić information content (AvgIpc) is 2.40. The third-order valence-corrected chi connectivity index (χ3v) is 3.82. The van der Waals surface area contributed by atoms with Gasteiger partial charge in [-0.2, -0.15) is 0 Å². The molecular formula is C15H15BrN2O2. The van der Waals surface area contributed by atoms with E-state index in [4.69, 9.17) is 5.73 Å². The molecule has 0 radical (unpaired) electrons. The van der Waals surface area contributed by atoms with Crippen molar-refractivity contribution in [2.45, 2.75) is 6.54 Å². The number of anilines is 2. The Bertz CT molecular complexity index is 644. The number of aromatic carboxylic acids is 1. The molecule has 0 bridgehead atoms. The van der Waals surface area contributed by atoms with Crippen molar-refractivity contribution < 1.29 is 9.90 Å². The molecule has 0 saturated carbocycles. The largest absolute Gasteiger partial charge is 0.478 e. The number of hydrogen-bond acceptors (Lipinski definition) is 3. The highest BCUT2D eigenvalue weighted by Crippen LogP contribution is 2.29. The van der Waals surface area contributed by atoms with Crippen molar-refractivity contribution in [1.29, 1.82) is 0 Å². The number of carboxylic acids is 1. The lowest BCUT2D eigenvalue weighted by molar-refractivity contribution is 0.0697.